The van der Waals surface area contributed by atoms with E-state index in [4.69, 9.17) is 34.8 Å². The molecule has 6 heteroatoms. The molecule has 0 aliphatic heterocycles. The first-order chi connectivity index (χ1) is 17.9. The molecule has 0 atom stereocenters. The van der Waals surface area contributed by atoms with Gasteiger partial charge in [-0.2, -0.15) is 0 Å². The normalized spacial score (nSPS) is 26.0. The van der Waals surface area contributed by atoms with Crippen molar-refractivity contribution in [1.29, 1.82) is 0 Å². The van der Waals surface area contributed by atoms with Crippen LogP contribution in [0.2, 0.25) is 15.1 Å². The van der Waals surface area contributed by atoms with Crippen molar-refractivity contribution < 1.29 is 4.79 Å². The third kappa shape index (κ3) is 5.10. The topological polar surface area (TPSA) is 29.1 Å². The minimum Gasteiger partial charge on any atom is -0.351 e. The molecule has 2 nitrogen and oxygen atoms in total. The van der Waals surface area contributed by atoms with E-state index in [1.807, 2.05) is 43.3 Å². The summed E-state index contributed by atoms with van der Waals surface area (Å²) in [5.74, 6) is 4.79. The minimum atomic E-state index is -0.000803. The van der Waals surface area contributed by atoms with Crippen LogP contribution in [-0.2, 0) is 0 Å². The van der Waals surface area contributed by atoms with Crippen LogP contribution in [-0.4, -0.2) is 12.5 Å². The van der Waals surface area contributed by atoms with Gasteiger partial charge in [-0.1, -0.05) is 53.0 Å². The molecule has 37 heavy (non-hydrogen) atoms. The molecule has 3 aromatic rings. The third-order valence-electron chi connectivity index (χ3n) is 9.08. The number of benzene rings is 2. The van der Waals surface area contributed by atoms with Gasteiger partial charge in [0, 0.05) is 32.6 Å². The second-order valence-electron chi connectivity index (χ2n) is 11.4. The standard InChI is InChI=1S/C31H32Cl3NOS/c1-17-28(20-4-6-23(32)7-5-20)30(26-9-8-24(33)16-27(26)34)37-29(17)31(36)35-10-2-3-25-21-12-18-11-19(14-21)15-22(25)13-18/h4-9,16,18-19,21-22,25H,2-3,10-15H2,1H3,(H,35,36). The summed E-state index contributed by atoms with van der Waals surface area (Å²) in [6.07, 6.45) is 9.65. The molecule has 4 saturated carbocycles. The van der Waals surface area contributed by atoms with Gasteiger partial charge in [0.15, 0.2) is 0 Å². The Balaban J connectivity index is 1.19. The average molecular weight is 573 g/mol. The highest BCUT2D eigenvalue weighted by Crippen LogP contribution is 2.57. The molecule has 0 unspecified atom stereocenters. The van der Waals surface area contributed by atoms with E-state index in [1.54, 1.807) is 6.07 Å². The van der Waals surface area contributed by atoms with Crippen molar-refractivity contribution in [2.45, 2.75) is 51.9 Å². The number of amides is 1. The minimum absolute atomic E-state index is 0.000803. The van der Waals surface area contributed by atoms with Crippen LogP contribution in [0.4, 0.5) is 0 Å². The lowest BCUT2D eigenvalue weighted by Gasteiger charge is -2.54. The van der Waals surface area contributed by atoms with E-state index in [1.165, 1.54) is 49.9 Å². The first-order valence-corrected chi connectivity index (χ1v) is 15.5. The van der Waals surface area contributed by atoms with Crippen LogP contribution in [0.15, 0.2) is 42.5 Å². The van der Waals surface area contributed by atoms with Crippen molar-refractivity contribution >= 4 is 52.0 Å². The largest absolute Gasteiger partial charge is 0.351 e. The lowest BCUT2D eigenvalue weighted by Crippen LogP contribution is -2.45. The van der Waals surface area contributed by atoms with Crippen LogP contribution in [0.3, 0.4) is 0 Å². The lowest BCUT2D eigenvalue weighted by molar-refractivity contribution is -0.0401. The van der Waals surface area contributed by atoms with Crippen molar-refractivity contribution in [2.24, 2.45) is 29.6 Å². The molecule has 1 N–H and O–H groups in total. The Morgan fingerprint density at radius 3 is 2.22 bits per heavy atom. The fourth-order valence-corrected chi connectivity index (χ4v) is 9.66. The highest BCUT2D eigenvalue weighted by Gasteiger charge is 2.47. The zero-order valence-electron chi connectivity index (χ0n) is 21.0. The molecular weight excluding hydrogens is 541 g/mol. The van der Waals surface area contributed by atoms with E-state index in [0.29, 0.717) is 15.1 Å². The van der Waals surface area contributed by atoms with Crippen molar-refractivity contribution in [3.63, 3.8) is 0 Å². The zero-order chi connectivity index (χ0) is 25.7. The number of hydrogen-bond acceptors (Lipinski definition) is 2. The third-order valence-corrected chi connectivity index (χ3v) is 11.2. The molecule has 1 amide bonds. The molecule has 1 aromatic heterocycles. The molecule has 2 aromatic carbocycles. The van der Waals surface area contributed by atoms with E-state index >= 15 is 0 Å². The Kier molecular flexibility index (Phi) is 7.35. The number of hydrogen-bond donors (Lipinski definition) is 1. The summed E-state index contributed by atoms with van der Waals surface area (Å²) in [5.41, 5.74) is 3.88. The number of rotatable bonds is 7. The number of carbonyl (C=O) groups is 1. The number of halogens is 3. The van der Waals surface area contributed by atoms with E-state index in [-0.39, 0.29) is 5.91 Å². The average Bonchev–Trinajstić information content (AvgIpc) is 3.20. The molecule has 1 heterocycles. The molecule has 0 radical (unpaired) electrons. The molecule has 0 saturated heterocycles. The Labute approximate surface area is 238 Å². The van der Waals surface area contributed by atoms with Crippen LogP contribution < -0.4 is 5.32 Å². The summed E-state index contributed by atoms with van der Waals surface area (Å²) in [7, 11) is 0. The highest BCUT2D eigenvalue weighted by molar-refractivity contribution is 7.18. The number of carbonyl (C=O) groups excluding carboxylic acids is 1. The summed E-state index contributed by atoms with van der Waals surface area (Å²) < 4.78 is 0. The quantitative estimate of drug-likeness (QED) is 0.280. The summed E-state index contributed by atoms with van der Waals surface area (Å²) in [6.45, 7) is 2.75. The lowest BCUT2D eigenvalue weighted by atomic mass is 9.51. The summed E-state index contributed by atoms with van der Waals surface area (Å²) in [5, 5.41) is 5.08. The predicted octanol–water partition coefficient (Wildman–Crippen LogP) is 9.93. The van der Waals surface area contributed by atoms with E-state index in [0.717, 1.165) is 74.6 Å². The molecule has 7 rings (SSSR count). The van der Waals surface area contributed by atoms with Crippen LogP contribution in [0.25, 0.3) is 21.6 Å². The molecule has 4 aliphatic carbocycles. The zero-order valence-corrected chi connectivity index (χ0v) is 24.1. The summed E-state index contributed by atoms with van der Waals surface area (Å²) in [4.78, 5) is 15.1. The van der Waals surface area contributed by atoms with Gasteiger partial charge in [-0.05, 0) is 117 Å². The molecule has 4 aliphatic rings. The predicted molar refractivity (Wildman–Crippen MR) is 157 cm³/mol. The van der Waals surface area contributed by atoms with Crippen molar-refractivity contribution in [2.75, 3.05) is 6.54 Å². The maximum Gasteiger partial charge on any atom is 0.261 e. The van der Waals surface area contributed by atoms with Gasteiger partial charge in [0.25, 0.3) is 5.91 Å². The van der Waals surface area contributed by atoms with Gasteiger partial charge in [0.1, 0.15) is 0 Å². The second kappa shape index (κ2) is 10.6. The fraction of sp³-hybridized carbons (Fsp3) is 0.452. The SMILES string of the molecule is Cc1c(C(=O)NCCCC2C3CC4CC(C3)CC2C4)sc(-c2ccc(Cl)cc2Cl)c1-c1ccc(Cl)cc1. The monoisotopic (exact) mass is 571 g/mol. The van der Waals surface area contributed by atoms with Gasteiger partial charge in [0.2, 0.25) is 0 Å². The van der Waals surface area contributed by atoms with Gasteiger partial charge >= 0.3 is 0 Å². The van der Waals surface area contributed by atoms with E-state index < -0.39 is 0 Å². The van der Waals surface area contributed by atoms with Crippen molar-refractivity contribution in [3.05, 3.63) is 68.0 Å². The Morgan fingerprint density at radius 2 is 1.57 bits per heavy atom. The van der Waals surface area contributed by atoms with Gasteiger partial charge < -0.3 is 5.32 Å². The Morgan fingerprint density at radius 1 is 0.919 bits per heavy atom. The smallest absolute Gasteiger partial charge is 0.261 e. The maximum atomic E-state index is 13.4. The van der Waals surface area contributed by atoms with Crippen molar-refractivity contribution in [1.82, 2.24) is 5.32 Å². The van der Waals surface area contributed by atoms with Crippen LogP contribution in [0.1, 0.15) is 60.2 Å². The second-order valence-corrected chi connectivity index (χ2v) is 13.7. The maximum absolute atomic E-state index is 13.4. The Hall–Kier alpha value is -1.52. The highest BCUT2D eigenvalue weighted by atomic mass is 35.5. The van der Waals surface area contributed by atoms with Crippen LogP contribution in [0.5, 0.6) is 0 Å². The van der Waals surface area contributed by atoms with E-state index in [2.05, 4.69) is 5.32 Å². The van der Waals surface area contributed by atoms with Gasteiger partial charge in [-0.3, -0.25) is 4.79 Å². The molecule has 4 bridgehead atoms. The molecule has 4 fully saturated rings. The summed E-state index contributed by atoms with van der Waals surface area (Å²) >= 11 is 20.5. The number of thiophene rings is 1. The van der Waals surface area contributed by atoms with Crippen LogP contribution in [0, 0.1) is 36.5 Å². The fourth-order valence-electron chi connectivity index (χ4n) is 7.69. The summed E-state index contributed by atoms with van der Waals surface area (Å²) in [6, 6.07) is 13.3. The molecular formula is C31H32Cl3NOS. The van der Waals surface area contributed by atoms with Crippen molar-refractivity contribution in [3.8, 4) is 21.6 Å². The Bertz CT molecular complexity index is 1290. The van der Waals surface area contributed by atoms with E-state index in [9.17, 15) is 4.79 Å². The first kappa shape index (κ1) is 25.7. The molecule has 194 valence electrons. The molecule has 0 spiro atoms. The van der Waals surface area contributed by atoms with Gasteiger partial charge in [-0.15, -0.1) is 11.3 Å². The van der Waals surface area contributed by atoms with Crippen LogP contribution >= 0.6 is 46.1 Å². The first-order valence-electron chi connectivity index (χ1n) is 13.5. The number of nitrogens with one attached hydrogen (secondary N) is 1. The van der Waals surface area contributed by atoms with Gasteiger partial charge in [0.05, 0.1) is 9.90 Å². The van der Waals surface area contributed by atoms with Gasteiger partial charge in [-0.25, -0.2) is 0 Å².